The lowest BCUT2D eigenvalue weighted by Crippen LogP contribution is -2.43. The first-order valence-corrected chi connectivity index (χ1v) is 20.4. The number of hydrogen-bond acceptors (Lipinski definition) is 15. The molecule has 298 valence electrons. The topological polar surface area (TPSA) is 214 Å². The van der Waals surface area contributed by atoms with E-state index in [1.54, 1.807) is 12.3 Å². The number of anilines is 2. The average Bonchev–Trinajstić information content (AvgIpc) is 3.99. The number of thiophene rings is 1. The molecule has 0 saturated carbocycles. The van der Waals surface area contributed by atoms with E-state index in [2.05, 4.69) is 38.1 Å². The standard InChI is InChI=1S/C39H50N10O6S/c1-23(2)31(36(50)49-17-8-10-26(49)37(51)52)27-20-30(45-54-27)53-19-6-5-15-47-16-9-18-48(24(3)22-47)29-12-14-42-34(43-29)35-44-38(55-46-35)39(4)13-7-11-28-32(39)25(21-40)33(41)56-28/h12,14,20,23-24,26,31H,5-11,13,15-19,22,41H2,1-4H3,(H,51,52)/t24-,26?,31?,39-/m0/s1. The smallest absolute Gasteiger partial charge is 0.326 e. The van der Waals surface area contributed by atoms with Crippen LogP contribution in [0, 0.1) is 17.2 Å². The summed E-state index contributed by atoms with van der Waals surface area (Å²) < 4.78 is 17.3. The maximum Gasteiger partial charge on any atom is 0.326 e. The number of nitriles is 1. The number of aromatic nitrogens is 5. The van der Waals surface area contributed by atoms with Crippen LogP contribution < -0.4 is 15.4 Å². The van der Waals surface area contributed by atoms with Gasteiger partial charge < -0.3 is 39.3 Å². The van der Waals surface area contributed by atoms with Gasteiger partial charge in [0.25, 0.3) is 5.88 Å². The molecule has 4 aromatic heterocycles. The summed E-state index contributed by atoms with van der Waals surface area (Å²) in [7, 11) is 0. The Morgan fingerprint density at radius 2 is 1.98 bits per heavy atom. The molecular weight excluding hydrogens is 737 g/mol. The molecule has 7 rings (SSSR count). The molecule has 17 heteroatoms. The zero-order valence-electron chi connectivity index (χ0n) is 32.4. The Balaban J connectivity index is 0.911. The van der Waals surface area contributed by atoms with Crippen LogP contribution in [-0.4, -0.2) is 103 Å². The second kappa shape index (κ2) is 16.6. The van der Waals surface area contributed by atoms with E-state index in [1.807, 2.05) is 26.8 Å². The van der Waals surface area contributed by atoms with Gasteiger partial charge in [0.2, 0.25) is 23.4 Å². The number of aryl methyl sites for hydroxylation is 1. The van der Waals surface area contributed by atoms with Gasteiger partial charge in [-0.1, -0.05) is 19.0 Å². The fourth-order valence-electron chi connectivity index (χ4n) is 8.56. The van der Waals surface area contributed by atoms with E-state index in [0.717, 1.165) is 81.0 Å². The third-order valence-corrected chi connectivity index (χ3v) is 12.5. The second-order valence-electron chi connectivity index (χ2n) is 15.7. The van der Waals surface area contributed by atoms with Gasteiger partial charge in [-0.25, -0.2) is 14.8 Å². The summed E-state index contributed by atoms with van der Waals surface area (Å²) in [5, 5.41) is 28.3. The number of carbonyl (C=O) groups is 2. The number of nitrogens with two attached hydrogens (primary N) is 1. The first-order valence-electron chi connectivity index (χ1n) is 19.6. The zero-order chi connectivity index (χ0) is 39.6. The number of carbonyl (C=O) groups excluding carboxylic acids is 1. The lowest BCUT2D eigenvalue weighted by molar-refractivity contribution is -0.149. The number of likely N-dealkylation sites (tertiary alicyclic amines) is 1. The highest BCUT2D eigenvalue weighted by Crippen LogP contribution is 2.48. The number of nitrogen functional groups attached to an aromatic ring is 1. The van der Waals surface area contributed by atoms with Crippen LogP contribution in [0.5, 0.6) is 5.88 Å². The molecule has 0 bridgehead atoms. The number of nitrogens with zero attached hydrogens (tertiary/aromatic N) is 9. The van der Waals surface area contributed by atoms with Crippen molar-refractivity contribution in [2.45, 2.75) is 102 Å². The monoisotopic (exact) mass is 786 g/mol. The van der Waals surface area contributed by atoms with Crippen LogP contribution in [0.2, 0.25) is 0 Å². The number of rotatable bonds is 13. The van der Waals surface area contributed by atoms with Crippen LogP contribution in [0.15, 0.2) is 27.4 Å². The van der Waals surface area contributed by atoms with Crippen LogP contribution >= 0.6 is 11.3 Å². The molecule has 16 nitrogen and oxygen atoms in total. The molecule has 1 aliphatic carbocycles. The number of unbranched alkanes of at least 4 members (excludes halogenated alkanes) is 1. The Labute approximate surface area is 330 Å². The summed E-state index contributed by atoms with van der Waals surface area (Å²) in [6.45, 7) is 12.6. The van der Waals surface area contributed by atoms with E-state index >= 15 is 0 Å². The van der Waals surface area contributed by atoms with Gasteiger partial charge in [-0.2, -0.15) is 10.2 Å². The van der Waals surface area contributed by atoms with Gasteiger partial charge in [-0.05, 0) is 95.4 Å². The summed E-state index contributed by atoms with van der Waals surface area (Å²) in [5.74, 6) is 0.711. The van der Waals surface area contributed by atoms with Crippen LogP contribution in [0.3, 0.4) is 0 Å². The molecule has 3 N–H and O–H groups in total. The fraction of sp³-hybridized carbons (Fsp3) is 0.590. The van der Waals surface area contributed by atoms with Crippen molar-refractivity contribution < 1.29 is 28.5 Å². The Morgan fingerprint density at radius 3 is 2.77 bits per heavy atom. The van der Waals surface area contributed by atoms with Gasteiger partial charge in [0.05, 0.1) is 17.6 Å². The zero-order valence-corrected chi connectivity index (χ0v) is 33.3. The molecule has 0 aromatic carbocycles. The fourth-order valence-corrected chi connectivity index (χ4v) is 9.75. The number of hydrogen-bond donors (Lipinski definition) is 2. The van der Waals surface area contributed by atoms with Gasteiger partial charge in [-0.3, -0.25) is 4.79 Å². The van der Waals surface area contributed by atoms with Gasteiger partial charge >= 0.3 is 5.97 Å². The lowest BCUT2D eigenvalue weighted by atomic mass is 9.72. The minimum atomic E-state index is -0.978. The van der Waals surface area contributed by atoms with Crippen LogP contribution in [0.25, 0.3) is 11.6 Å². The number of carboxylic acids is 1. The maximum atomic E-state index is 13.4. The van der Waals surface area contributed by atoms with E-state index < -0.39 is 23.3 Å². The summed E-state index contributed by atoms with van der Waals surface area (Å²) in [6, 6.07) is 5.27. The molecule has 0 spiro atoms. The highest BCUT2D eigenvalue weighted by Gasteiger charge is 2.43. The van der Waals surface area contributed by atoms with Gasteiger partial charge in [0, 0.05) is 48.4 Å². The lowest BCUT2D eigenvalue weighted by Gasteiger charge is -2.30. The Bertz CT molecular complexity index is 2070. The second-order valence-corrected chi connectivity index (χ2v) is 16.8. The highest BCUT2D eigenvalue weighted by atomic mass is 32.1. The van der Waals surface area contributed by atoms with Crippen molar-refractivity contribution in [2.75, 3.05) is 50.0 Å². The number of aliphatic carboxylic acids is 1. The van der Waals surface area contributed by atoms with Crippen LogP contribution in [0.1, 0.15) is 106 Å². The van der Waals surface area contributed by atoms with Gasteiger partial charge in [-0.15, -0.1) is 11.3 Å². The summed E-state index contributed by atoms with van der Waals surface area (Å²) in [5.41, 5.74) is 7.01. The Hall–Kier alpha value is -5.08. The van der Waals surface area contributed by atoms with Crippen molar-refractivity contribution in [1.29, 1.82) is 5.26 Å². The van der Waals surface area contributed by atoms with E-state index in [9.17, 15) is 20.0 Å². The van der Waals surface area contributed by atoms with E-state index in [-0.39, 0.29) is 17.9 Å². The molecule has 1 amide bonds. The van der Waals surface area contributed by atoms with E-state index in [1.165, 1.54) is 16.2 Å². The van der Waals surface area contributed by atoms with Crippen molar-refractivity contribution in [1.82, 2.24) is 35.1 Å². The largest absolute Gasteiger partial charge is 0.480 e. The third-order valence-electron chi connectivity index (χ3n) is 11.4. The number of ether oxygens (including phenoxy) is 1. The SMILES string of the molecule is CC(C)C(C(=O)N1CCCC1C(=O)O)c1cc(OCCCCN2CCCN(c3ccnc(-c4noc([C@@]5(C)CCCc6sc(N)c(C#N)c65)n4)n3)[C@@H](C)C2)no1. The summed E-state index contributed by atoms with van der Waals surface area (Å²) >= 11 is 1.47. The third kappa shape index (κ3) is 7.81. The Morgan fingerprint density at radius 1 is 1.14 bits per heavy atom. The highest BCUT2D eigenvalue weighted by molar-refractivity contribution is 7.16. The first kappa shape index (κ1) is 39.2. The average molecular weight is 787 g/mol. The minimum Gasteiger partial charge on any atom is -0.480 e. The molecule has 0 radical (unpaired) electrons. The number of amides is 1. The summed E-state index contributed by atoms with van der Waals surface area (Å²) in [6.07, 6.45) is 8.16. The molecule has 2 saturated heterocycles. The molecule has 2 aliphatic heterocycles. The molecule has 3 aliphatic rings. The molecule has 4 atom stereocenters. The van der Waals surface area contributed by atoms with E-state index in [0.29, 0.717) is 65.7 Å². The predicted octanol–water partition coefficient (Wildman–Crippen LogP) is 5.25. The van der Waals surface area contributed by atoms with Crippen LogP contribution in [-0.2, 0) is 21.4 Å². The van der Waals surface area contributed by atoms with Crippen molar-refractivity contribution >= 4 is 34.0 Å². The molecular formula is C39H50N10O6S. The van der Waals surface area contributed by atoms with E-state index in [4.69, 9.17) is 29.5 Å². The van der Waals surface area contributed by atoms with Gasteiger partial charge in [0.15, 0.2) is 5.76 Å². The van der Waals surface area contributed by atoms with Gasteiger partial charge in [0.1, 0.15) is 28.8 Å². The maximum absolute atomic E-state index is 13.4. The van der Waals surface area contributed by atoms with Crippen molar-refractivity contribution in [3.8, 4) is 23.6 Å². The molecule has 2 fully saturated rings. The first-order chi connectivity index (χ1) is 27.0. The molecule has 56 heavy (non-hydrogen) atoms. The normalized spacial score (nSPS) is 22.1. The predicted molar refractivity (Wildman–Crippen MR) is 207 cm³/mol. The number of carboxylic acid groups (broad SMARTS) is 1. The van der Waals surface area contributed by atoms with Crippen molar-refractivity contribution in [2.24, 2.45) is 5.92 Å². The van der Waals surface area contributed by atoms with Crippen LogP contribution in [0.4, 0.5) is 10.8 Å². The summed E-state index contributed by atoms with van der Waals surface area (Å²) in [4.78, 5) is 46.6. The molecule has 4 aromatic rings. The molecule has 6 heterocycles. The van der Waals surface area contributed by atoms with Crippen molar-refractivity contribution in [3.05, 3.63) is 46.0 Å². The molecule has 2 unspecified atom stereocenters. The number of fused-ring (bicyclic) bond motifs is 1. The van der Waals surface area contributed by atoms with Crippen molar-refractivity contribution in [3.63, 3.8) is 0 Å². The minimum absolute atomic E-state index is 0.104. The Kier molecular flexibility index (Phi) is 11.6. The quantitative estimate of drug-likeness (QED) is 0.166.